The Morgan fingerprint density at radius 3 is 2.93 bits per heavy atom. The first-order valence-corrected chi connectivity index (χ1v) is 9.78. The summed E-state index contributed by atoms with van der Waals surface area (Å²) in [5.74, 6) is 1.30. The van der Waals surface area contributed by atoms with Crippen molar-refractivity contribution >= 4 is 29.2 Å². The van der Waals surface area contributed by atoms with E-state index in [1.54, 1.807) is 19.2 Å². The van der Waals surface area contributed by atoms with Crippen molar-refractivity contribution < 1.29 is 19.4 Å². The summed E-state index contributed by atoms with van der Waals surface area (Å²) < 4.78 is 10.1. The molecule has 8 nitrogen and oxygen atoms in total. The number of benzene rings is 1. The Bertz CT molecular complexity index is 864. The highest BCUT2D eigenvalue weighted by Crippen LogP contribution is 2.27. The Morgan fingerprint density at radius 1 is 1.41 bits per heavy atom. The number of ketones is 1. The minimum atomic E-state index is -0.213. The predicted octanol–water partition coefficient (Wildman–Crippen LogP) is 2.54. The highest BCUT2D eigenvalue weighted by Gasteiger charge is 2.27. The number of aliphatic hydroxyl groups is 1. The van der Waals surface area contributed by atoms with E-state index >= 15 is 0 Å². The largest absolute Gasteiger partial charge is 0.495 e. The zero-order valence-electron chi connectivity index (χ0n) is 16.5. The SMILES string of the molecule is COCC(=O)c1cnc(N2CCCC2CO)nc1NCc1ccc(OC)c(Cl)c1. The van der Waals surface area contributed by atoms with E-state index in [-0.39, 0.29) is 25.0 Å². The number of carbonyl (C=O) groups is 1. The lowest BCUT2D eigenvalue weighted by Gasteiger charge is -2.24. The molecule has 1 aromatic heterocycles. The molecule has 0 spiro atoms. The molecule has 0 saturated carbocycles. The van der Waals surface area contributed by atoms with Crippen LogP contribution < -0.4 is 15.0 Å². The molecule has 0 radical (unpaired) electrons. The smallest absolute Gasteiger partial charge is 0.227 e. The topological polar surface area (TPSA) is 96.8 Å². The third-order valence-electron chi connectivity index (χ3n) is 4.87. The van der Waals surface area contributed by atoms with Crippen LogP contribution in [-0.4, -0.2) is 60.9 Å². The van der Waals surface area contributed by atoms with E-state index in [9.17, 15) is 9.90 Å². The average Bonchev–Trinajstić information content (AvgIpc) is 3.21. The predicted molar refractivity (Wildman–Crippen MR) is 111 cm³/mol. The molecule has 0 bridgehead atoms. The summed E-state index contributed by atoms with van der Waals surface area (Å²) in [7, 11) is 3.03. The number of ether oxygens (including phenoxy) is 2. The van der Waals surface area contributed by atoms with Crippen LogP contribution in [0.15, 0.2) is 24.4 Å². The molecule has 2 N–H and O–H groups in total. The number of hydrogen-bond donors (Lipinski definition) is 2. The van der Waals surface area contributed by atoms with Gasteiger partial charge in [0.2, 0.25) is 5.95 Å². The van der Waals surface area contributed by atoms with Crippen LogP contribution in [0.4, 0.5) is 11.8 Å². The third-order valence-corrected chi connectivity index (χ3v) is 5.17. The van der Waals surface area contributed by atoms with Crippen LogP contribution >= 0.6 is 11.6 Å². The summed E-state index contributed by atoms with van der Waals surface area (Å²) in [5, 5.41) is 13.3. The second-order valence-electron chi connectivity index (χ2n) is 6.78. The zero-order valence-corrected chi connectivity index (χ0v) is 17.3. The lowest BCUT2D eigenvalue weighted by molar-refractivity contribution is 0.0848. The van der Waals surface area contributed by atoms with Crippen LogP contribution in [0.3, 0.4) is 0 Å². The van der Waals surface area contributed by atoms with Gasteiger partial charge >= 0.3 is 0 Å². The third kappa shape index (κ3) is 4.95. The lowest BCUT2D eigenvalue weighted by Crippen LogP contribution is -2.33. The average molecular weight is 421 g/mol. The number of methoxy groups -OCH3 is 2. The second-order valence-corrected chi connectivity index (χ2v) is 7.19. The van der Waals surface area contributed by atoms with E-state index in [1.807, 2.05) is 11.0 Å². The van der Waals surface area contributed by atoms with Gasteiger partial charge in [0, 0.05) is 26.4 Å². The fourth-order valence-corrected chi connectivity index (χ4v) is 3.63. The van der Waals surface area contributed by atoms with Gasteiger partial charge in [-0.1, -0.05) is 17.7 Å². The number of rotatable bonds is 9. The molecule has 1 atom stereocenters. The van der Waals surface area contributed by atoms with Crippen LogP contribution in [0.25, 0.3) is 0 Å². The van der Waals surface area contributed by atoms with Gasteiger partial charge in [-0.15, -0.1) is 0 Å². The van der Waals surface area contributed by atoms with Gasteiger partial charge in [0.15, 0.2) is 5.78 Å². The highest BCUT2D eigenvalue weighted by atomic mass is 35.5. The molecule has 1 aliphatic rings. The minimum Gasteiger partial charge on any atom is -0.495 e. The van der Waals surface area contributed by atoms with Crippen molar-refractivity contribution in [2.75, 3.05) is 44.2 Å². The molecular formula is C20H25ClN4O4. The van der Waals surface area contributed by atoms with Crippen LogP contribution in [0.2, 0.25) is 5.02 Å². The van der Waals surface area contributed by atoms with Crippen molar-refractivity contribution in [2.24, 2.45) is 0 Å². The van der Waals surface area contributed by atoms with Crippen molar-refractivity contribution in [2.45, 2.75) is 25.4 Å². The van der Waals surface area contributed by atoms with Crippen LogP contribution in [0, 0.1) is 0 Å². The van der Waals surface area contributed by atoms with Gasteiger partial charge in [-0.05, 0) is 30.5 Å². The summed E-state index contributed by atoms with van der Waals surface area (Å²) in [5.41, 5.74) is 1.27. The Morgan fingerprint density at radius 2 is 2.24 bits per heavy atom. The van der Waals surface area contributed by atoms with Gasteiger partial charge in [-0.2, -0.15) is 4.98 Å². The van der Waals surface area contributed by atoms with E-state index in [0.717, 1.165) is 24.9 Å². The molecule has 1 fully saturated rings. The van der Waals surface area contributed by atoms with E-state index in [2.05, 4.69) is 15.3 Å². The number of aromatic nitrogens is 2. The fourth-order valence-electron chi connectivity index (χ4n) is 3.35. The summed E-state index contributed by atoms with van der Waals surface area (Å²) in [6, 6.07) is 5.47. The molecule has 0 aliphatic carbocycles. The van der Waals surface area contributed by atoms with E-state index in [0.29, 0.717) is 34.6 Å². The first-order valence-electron chi connectivity index (χ1n) is 9.40. The summed E-state index contributed by atoms with van der Waals surface area (Å²) in [6.45, 7) is 1.16. The molecule has 1 aliphatic heterocycles. The first kappa shape index (κ1) is 21.3. The molecule has 1 aromatic carbocycles. The maximum Gasteiger partial charge on any atom is 0.227 e. The molecule has 3 rings (SSSR count). The summed E-state index contributed by atoms with van der Waals surface area (Å²) >= 11 is 6.20. The maximum atomic E-state index is 12.4. The molecule has 1 saturated heterocycles. The Labute approximate surface area is 174 Å². The molecule has 9 heteroatoms. The molecule has 2 aromatic rings. The second kappa shape index (κ2) is 9.87. The first-order chi connectivity index (χ1) is 14.1. The Hall–Kier alpha value is -2.42. The number of nitrogens with one attached hydrogen (secondary N) is 1. The number of hydrogen-bond acceptors (Lipinski definition) is 8. The number of aliphatic hydroxyl groups excluding tert-OH is 1. The van der Waals surface area contributed by atoms with Crippen LogP contribution in [-0.2, 0) is 11.3 Å². The van der Waals surface area contributed by atoms with Crippen molar-refractivity contribution in [3.63, 3.8) is 0 Å². The summed E-state index contributed by atoms with van der Waals surface area (Å²) in [6.07, 6.45) is 3.36. The molecular weight excluding hydrogens is 396 g/mol. The number of anilines is 2. The van der Waals surface area contributed by atoms with Crippen molar-refractivity contribution in [3.8, 4) is 5.75 Å². The zero-order chi connectivity index (χ0) is 20.8. The molecule has 156 valence electrons. The summed E-state index contributed by atoms with van der Waals surface area (Å²) in [4.78, 5) is 23.4. The van der Waals surface area contributed by atoms with Crippen molar-refractivity contribution in [3.05, 3.63) is 40.5 Å². The number of nitrogens with zero attached hydrogens (tertiary/aromatic N) is 3. The van der Waals surface area contributed by atoms with Crippen LogP contribution in [0.1, 0.15) is 28.8 Å². The van der Waals surface area contributed by atoms with E-state index < -0.39 is 0 Å². The monoisotopic (exact) mass is 420 g/mol. The quantitative estimate of drug-likeness (QED) is 0.597. The van der Waals surface area contributed by atoms with Gasteiger partial charge in [-0.25, -0.2) is 4.98 Å². The molecule has 0 amide bonds. The van der Waals surface area contributed by atoms with Gasteiger partial charge in [0.25, 0.3) is 0 Å². The van der Waals surface area contributed by atoms with Gasteiger partial charge in [0.05, 0.1) is 30.3 Å². The molecule has 1 unspecified atom stereocenters. The highest BCUT2D eigenvalue weighted by molar-refractivity contribution is 6.32. The van der Waals surface area contributed by atoms with Gasteiger partial charge in [0.1, 0.15) is 18.2 Å². The number of carbonyl (C=O) groups excluding carboxylic acids is 1. The number of Topliss-reactive ketones (excluding diaryl/α,β-unsaturated/α-hetero) is 1. The van der Waals surface area contributed by atoms with Crippen LogP contribution in [0.5, 0.6) is 5.75 Å². The lowest BCUT2D eigenvalue weighted by atomic mass is 10.2. The normalized spacial score (nSPS) is 16.1. The van der Waals surface area contributed by atoms with Gasteiger partial charge < -0.3 is 24.8 Å². The maximum absolute atomic E-state index is 12.4. The van der Waals surface area contributed by atoms with E-state index in [4.69, 9.17) is 21.1 Å². The Balaban J connectivity index is 1.86. The standard InChI is InChI=1S/C20H25ClN4O4/c1-28-12-17(27)15-10-23-20(25-7-3-4-14(25)11-26)24-19(15)22-9-13-5-6-18(29-2)16(21)8-13/h5-6,8,10,14,26H,3-4,7,9,11-12H2,1-2H3,(H,22,23,24). The minimum absolute atomic E-state index is 0.0104. The van der Waals surface area contributed by atoms with E-state index in [1.165, 1.54) is 13.3 Å². The molecule has 2 heterocycles. The van der Waals surface area contributed by atoms with Crippen molar-refractivity contribution in [1.29, 1.82) is 0 Å². The fraction of sp³-hybridized carbons (Fsp3) is 0.450. The molecule has 29 heavy (non-hydrogen) atoms. The Kier molecular flexibility index (Phi) is 7.24. The van der Waals surface area contributed by atoms with Gasteiger partial charge in [-0.3, -0.25) is 4.79 Å². The van der Waals surface area contributed by atoms with Crippen molar-refractivity contribution in [1.82, 2.24) is 9.97 Å². The number of halogens is 1.